The van der Waals surface area contributed by atoms with Crippen LogP contribution in [0.3, 0.4) is 0 Å². The lowest BCUT2D eigenvalue weighted by Gasteiger charge is -2.12. The van der Waals surface area contributed by atoms with Crippen molar-refractivity contribution < 1.29 is 24.2 Å². The molecule has 0 aliphatic carbocycles. The van der Waals surface area contributed by atoms with E-state index in [0.717, 1.165) is 11.1 Å². The first kappa shape index (κ1) is 15.5. The number of nitrogens with one attached hydrogen (secondary N) is 1. The summed E-state index contributed by atoms with van der Waals surface area (Å²) >= 11 is 0. The van der Waals surface area contributed by atoms with Gasteiger partial charge in [-0.15, -0.1) is 0 Å². The highest BCUT2D eigenvalue weighted by Gasteiger charge is 2.34. The molecule has 1 aromatic carbocycles. The number of rotatable bonds is 6. The van der Waals surface area contributed by atoms with E-state index in [1.165, 1.54) is 0 Å². The lowest BCUT2D eigenvalue weighted by atomic mass is 10.1. The van der Waals surface area contributed by atoms with Crippen LogP contribution in [-0.2, 0) is 32.2 Å². The van der Waals surface area contributed by atoms with E-state index in [0.29, 0.717) is 26.0 Å². The van der Waals surface area contributed by atoms with Crippen molar-refractivity contribution in [3.63, 3.8) is 0 Å². The lowest BCUT2D eigenvalue weighted by molar-refractivity contribution is -0.151. The molecule has 1 amide bonds. The molecule has 1 aliphatic heterocycles. The van der Waals surface area contributed by atoms with Gasteiger partial charge in [-0.25, -0.2) is 4.79 Å². The van der Waals surface area contributed by atoms with Crippen molar-refractivity contribution in [1.82, 2.24) is 5.32 Å². The van der Waals surface area contributed by atoms with E-state index >= 15 is 0 Å². The molecule has 0 saturated carbocycles. The molecule has 1 fully saturated rings. The van der Waals surface area contributed by atoms with Crippen LogP contribution in [0.2, 0.25) is 0 Å². The molecule has 1 heterocycles. The second-order valence-corrected chi connectivity index (χ2v) is 5.00. The van der Waals surface area contributed by atoms with Gasteiger partial charge in [-0.1, -0.05) is 24.3 Å². The van der Waals surface area contributed by atoms with Crippen LogP contribution in [0.4, 0.5) is 0 Å². The number of amides is 1. The Morgan fingerprint density at radius 3 is 2.71 bits per heavy atom. The van der Waals surface area contributed by atoms with Gasteiger partial charge < -0.3 is 19.9 Å². The van der Waals surface area contributed by atoms with Gasteiger partial charge in [0.05, 0.1) is 6.61 Å². The van der Waals surface area contributed by atoms with Gasteiger partial charge >= 0.3 is 5.97 Å². The van der Waals surface area contributed by atoms with Gasteiger partial charge in [0.25, 0.3) is 0 Å². The van der Waals surface area contributed by atoms with Crippen LogP contribution in [-0.4, -0.2) is 36.3 Å². The van der Waals surface area contributed by atoms with Crippen molar-refractivity contribution in [2.75, 3.05) is 7.11 Å². The number of hydrogen-bond donors (Lipinski definition) is 2. The molecule has 2 unspecified atom stereocenters. The lowest BCUT2D eigenvalue weighted by Crippen LogP contribution is -2.35. The van der Waals surface area contributed by atoms with E-state index in [4.69, 9.17) is 14.6 Å². The van der Waals surface area contributed by atoms with Crippen molar-refractivity contribution in [2.24, 2.45) is 0 Å². The summed E-state index contributed by atoms with van der Waals surface area (Å²) in [5, 5.41) is 11.6. The fourth-order valence-corrected chi connectivity index (χ4v) is 2.31. The normalized spacial score (nSPS) is 21.2. The second-order valence-electron chi connectivity index (χ2n) is 5.00. The number of ether oxygens (including phenoxy) is 2. The predicted molar refractivity (Wildman–Crippen MR) is 74.5 cm³/mol. The predicted octanol–water partition coefficient (Wildman–Crippen LogP) is 1.08. The largest absolute Gasteiger partial charge is 0.479 e. The SMILES string of the molecule is COCc1cccc(CNC(=O)C2CCC(C(=O)O)O2)c1. The smallest absolute Gasteiger partial charge is 0.332 e. The summed E-state index contributed by atoms with van der Waals surface area (Å²) in [6, 6.07) is 7.73. The highest BCUT2D eigenvalue weighted by atomic mass is 16.5. The number of aliphatic carboxylic acids is 1. The van der Waals surface area contributed by atoms with Crippen molar-refractivity contribution in [2.45, 2.75) is 38.2 Å². The molecular weight excluding hydrogens is 274 g/mol. The molecule has 0 radical (unpaired) electrons. The summed E-state index contributed by atoms with van der Waals surface area (Å²) in [6.07, 6.45) is -0.734. The minimum absolute atomic E-state index is 0.268. The fraction of sp³-hybridized carbons (Fsp3) is 0.467. The minimum atomic E-state index is -1.02. The minimum Gasteiger partial charge on any atom is -0.479 e. The molecule has 2 N–H and O–H groups in total. The molecule has 0 bridgehead atoms. The average Bonchev–Trinajstić information content (AvgIpc) is 2.96. The Kier molecular flexibility index (Phi) is 5.30. The topological polar surface area (TPSA) is 84.9 Å². The van der Waals surface area contributed by atoms with Gasteiger partial charge in [0.15, 0.2) is 6.10 Å². The van der Waals surface area contributed by atoms with E-state index in [1.807, 2.05) is 24.3 Å². The van der Waals surface area contributed by atoms with Gasteiger partial charge in [-0.05, 0) is 24.0 Å². The third-order valence-electron chi connectivity index (χ3n) is 3.36. The zero-order valence-electron chi connectivity index (χ0n) is 11.9. The highest BCUT2D eigenvalue weighted by molar-refractivity contribution is 5.82. The van der Waals surface area contributed by atoms with Crippen molar-refractivity contribution in [3.8, 4) is 0 Å². The zero-order chi connectivity index (χ0) is 15.2. The number of carboxylic acid groups (broad SMARTS) is 1. The molecule has 6 heteroatoms. The Hall–Kier alpha value is -1.92. The van der Waals surface area contributed by atoms with E-state index in [-0.39, 0.29) is 5.91 Å². The third kappa shape index (κ3) is 4.27. The Labute approximate surface area is 123 Å². The van der Waals surface area contributed by atoms with Crippen LogP contribution in [0, 0.1) is 0 Å². The monoisotopic (exact) mass is 293 g/mol. The van der Waals surface area contributed by atoms with Gasteiger partial charge in [0.1, 0.15) is 6.10 Å². The van der Waals surface area contributed by atoms with E-state index in [1.54, 1.807) is 7.11 Å². The molecule has 1 aromatic rings. The Morgan fingerprint density at radius 1 is 1.33 bits per heavy atom. The molecule has 21 heavy (non-hydrogen) atoms. The Balaban J connectivity index is 1.84. The van der Waals surface area contributed by atoms with E-state index in [9.17, 15) is 9.59 Å². The van der Waals surface area contributed by atoms with Gasteiger partial charge in [0, 0.05) is 13.7 Å². The number of hydrogen-bond acceptors (Lipinski definition) is 4. The first-order chi connectivity index (χ1) is 10.1. The highest BCUT2D eigenvalue weighted by Crippen LogP contribution is 2.20. The maximum atomic E-state index is 11.9. The molecule has 2 rings (SSSR count). The molecule has 0 spiro atoms. The number of carboxylic acids is 1. The molecule has 1 saturated heterocycles. The van der Waals surface area contributed by atoms with Crippen LogP contribution in [0.1, 0.15) is 24.0 Å². The molecule has 6 nitrogen and oxygen atoms in total. The summed E-state index contributed by atoms with van der Waals surface area (Å²) in [6.45, 7) is 0.905. The summed E-state index contributed by atoms with van der Waals surface area (Å²) in [5.74, 6) is -1.28. The summed E-state index contributed by atoms with van der Waals surface area (Å²) in [7, 11) is 1.63. The fourth-order valence-electron chi connectivity index (χ4n) is 2.31. The molecule has 2 atom stereocenters. The molecule has 1 aliphatic rings. The zero-order valence-corrected chi connectivity index (χ0v) is 11.9. The Bertz CT molecular complexity index is 517. The van der Waals surface area contributed by atoms with E-state index < -0.39 is 18.2 Å². The Morgan fingerprint density at radius 2 is 2.05 bits per heavy atom. The number of benzene rings is 1. The molecule has 114 valence electrons. The first-order valence-corrected chi connectivity index (χ1v) is 6.83. The van der Waals surface area contributed by atoms with Gasteiger partial charge in [-0.3, -0.25) is 4.79 Å². The van der Waals surface area contributed by atoms with Gasteiger partial charge in [-0.2, -0.15) is 0 Å². The maximum Gasteiger partial charge on any atom is 0.332 e. The summed E-state index contributed by atoms with van der Waals surface area (Å²) in [5.41, 5.74) is 2.00. The average molecular weight is 293 g/mol. The van der Waals surface area contributed by atoms with Crippen LogP contribution in [0.25, 0.3) is 0 Å². The van der Waals surface area contributed by atoms with Crippen LogP contribution >= 0.6 is 0 Å². The van der Waals surface area contributed by atoms with Crippen LogP contribution < -0.4 is 5.32 Å². The van der Waals surface area contributed by atoms with Crippen LogP contribution in [0.15, 0.2) is 24.3 Å². The number of methoxy groups -OCH3 is 1. The summed E-state index contributed by atoms with van der Waals surface area (Å²) < 4.78 is 10.3. The molecule has 0 aromatic heterocycles. The molecular formula is C15H19NO5. The van der Waals surface area contributed by atoms with Gasteiger partial charge in [0.2, 0.25) is 5.91 Å². The summed E-state index contributed by atoms with van der Waals surface area (Å²) in [4.78, 5) is 22.7. The van der Waals surface area contributed by atoms with Crippen molar-refractivity contribution >= 4 is 11.9 Å². The second kappa shape index (κ2) is 7.19. The number of carbonyl (C=O) groups excluding carboxylic acids is 1. The van der Waals surface area contributed by atoms with E-state index in [2.05, 4.69) is 5.32 Å². The van der Waals surface area contributed by atoms with Crippen molar-refractivity contribution in [1.29, 1.82) is 0 Å². The third-order valence-corrected chi connectivity index (χ3v) is 3.36. The van der Waals surface area contributed by atoms with Crippen molar-refractivity contribution in [3.05, 3.63) is 35.4 Å². The number of carbonyl (C=O) groups is 2. The maximum absolute atomic E-state index is 11.9. The van der Waals surface area contributed by atoms with Crippen LogP contribution in [0.5, 0.6) is 0 Å². The quantitative estimate of drug-likeness (QED) is 0.820. The first-order valence-electron chi connectivity index (χ1n) is 6.83. The standard InChI is InChI=1S/C15H19NO5/c1-20-9-11-4-2-3-10(7-11)8-16-14(17)12-5-6-13(21-12)15(18)19/h2-4,7,12-13H,5-6,8-9H2,1H3,(H,16,17)(H,18,19).